The van der Waals surface area contributed by atoms with Crippen LogP contribution in [0.15, 0.2) is 72.8 Å². The molecule has 10 heteroatoms. The zero-order valence-electron chi connectivity index (χ0n) is 21.2. The summed E-state index contributed by atoms with van der Waals surface area (Å²) in [6.45, 7) is -0.358. The highest BCUT2D eigenvalue weighted by atomic mass is 19.3. The molecule has 2 N–H and O–H groups in total. The van der Waals surface area contributed by atoms with E-state index in [1.165, 1.54) is 42.5 Å². The number of carbonyl (C=O) groups excluding carboxylic acids is 3. The molecular formula is C29H28F3N3O4. The Bertz CT molecular complexity index is 1310. The number of hydrogen-bond donors (Lipinski definition) is 2. The maximum absolute atomic E-state index is 13.1. The average Bonchev–Trinajstić information content (AvgIpc) is 2.93. The number of halogens is 3. The van der Waals surface area contributed by atoms with E-state index in [-0.39, 0.29) is 28.7 Å². The molecule has 1 fully saturated rings. The van der Waals surface area contributed by atoms with Crippen molar-refractivity contribution in [3.05, 3.63) is 95.3 Å². The van der Waals surface area contributed by atoms with Crippen molar-refractivity contribution in [3.63, 3.8) is 0 Å². The number of carbonyl (C=O) groups is 3. The summed E-state index contributed by atoms with van der Waals surface area (Å²) in [5.41, 5.74) is 1.84. The van der Waals surface area contributed by atoms with Crippen molar-refractivity contribution in [2.75, 3.05) is 18.4 Å². The molecule has 4 rings (SSSR count). The molecular weight excluding hydrogens is 511 g/mol. The summed E-state index contributed by atoms with van der Waals surface area (Å²) in [7, 11) is 0. The third-order valence-electron chi connectivity index (χ3n) is 6.62. The van der Waals surface area contributed by atoms with Gasteiger partial charge in [0.05, 0.1) is 5.56 Å². The highest BCUT2D eigenvalue weighted by Crippen LogP contribution is 2.29. The molecule has 39 heavy (non-hydrogen) atoms. The third kappa shape index (κ3) is 7.16. The van der Waals surface area contributed by atoms with Gasteiger partial charge in [0.15, 0.2) is 0 Å². The first-order valence-electron chi connectivity index (χ1n) is 12.5. The normalized spacial score (nSPS) is 14.5. The summed E-state index contributed by atoms with van der Waals surface area (Å²) < 4.78 is 42.8. The molecule has 1 atom stereocenters. The highest BCUT2D eigenvalue weighted by Gasteiger charge is 2.28. The number of amides is 3. The van der Waals surface area contributed by atoms with Crippen molar-refractivity contribution in [1.82, 2.24) is 10.2 Å². The van der Waals surface area contributed by atoms with Crippen LogP contribution in [-0.4, -0.2) is 48.4 Å². The van der Waals surface area contributed by atoms with E-state index < -0.39 is 30.3 Å². The van der Waals surface area contributed by atoms with Crippen molar-refractivity contribution < 1.29 is 32.3 Å². The summed E-state index contributed by atoms with van der Waals surface area (Å²) in [5.74, 6) is -1.62. The second-order valence-electron chi connectivity index (χ2n) is 9.25. The maximum atomic E-state index is 13.1. The van der Waals surface area contributed by atoms with E-state index in [2.05, 4.69) is 15.4 Å². The van der Waals surface area contributed by atoms with Crippen molar-refractivity contribution >= 4 is 23.4 Å². The van der Waals surface area contributed by atoms with E-state index in [0.29, 0.717) is 18.8 Å². The summed E-state index contributed by atoms with van der Waals surface area (Å²) in [5, 5.41) is 5.37. The van der Waals surface area contributed by atoms with Gasteiger partial charge in [-0.2, -0.15) is 8.78 Å². The molecule has 204 valence electrons. The Kier molecular flexibility index (Phi) is 8.85. The van der Waals surface area contributed by atoms with Gasteiger partial charge in [0.1, 0.15) is 17.6 Å². The number of anilines is 1. The van der Waals surface area contributed by atoms with Gasteiger partial charge in [-0.3, -0.25) is 14.4 Å². The van der Waals surface area contributed by atoms with Crippen LogP contribution < -0.4 is 15.4 Å². The van der Waals surface area contributed by atoms with Gasteiger partial charge < -0.3 is 20.3 Å². The van der Waals surface area contributed by atoms with Gasteiger partial charge in [0.2, 0.25) is 5.91 Å². The summed E-state index contributed by atoms with van der Waals surface area (Å²) in [4.78, 5) is 39.6. The second-order valence-corrected chi connectivity index (χ2v) is 9.25. The topological polar surface area (TPSA) is 87.7 Å². The van der Waals surface area contributed by atoms with Crippen LogP contribution in [0, 0.1) is 5.82 Å². The number of hydrogen-bond acceptors (Lipinski definition) is 4. The Morgan fingerprint density at radius 3 is 2.18 bits per heavy atom. The molecule has 1 saturated heterocycles. The lowest BCUT2D eigenvalue weighted by Gasteiger charge is -2.34. The number of nitrogens with zero attached hydrogens (tertiary/aromatic N) is 1. The Hall–Kier alpha value is -4.34. The summed E-state index contributed by atoms with van der Waals surface area (Å²) >= 11 is 0. The number of para-hydroxylation sites is 1. The van der Waals surface area contributed by atoms with Gasteiger partial charge in [-0.15, -0.1) is 0 Å². The van der Waals surface area contributed by atoms with Gasteiger partial charge >= 0.3 is 6.61 Å². The van der Waals surface area contributed by atoms with Crippen LogP contribution in [0.1, 0.15) is 52.0 Å². The van der Waals surface area contributed by atoms with Gasteiger partial charge in [0, 0.05) is 24.3 Å². The van der Waals surface area contributed by atoms with E-state index in [1.807, 2.05) is 12.1 Å². The molecule has 3 aromatic carbocycles. The quantitative estimate of drug-likeness (QED) is 0.412. The Balaban J connectivity index is 1.28. The number of ether oxygens (including phenoxy) is 1. The minimum absolute atomic E-state index is 0.00185. The fourth-order valence-corrected chi connectivity index (χ4v) is 4.54. The van der Waals surface area contributed by atoms with Gasteiger partial charge in [-0.05, 0) is 79.8 Å². The largest absolute Gasteiger partial charge is 0.434 e. The molecule has 1 aliphatic rings. The molecule has 1 unspecified atom stereocenters. The standard InChI is InChI=1S/C29H28F3N3O4/c1-18(33-26(36)21-6-10-22(30)11-7-21)28(38)35-16-14-20(15-17-35)19-8-12-23(13-9-19)34-27(37)24-4-2-3-5-25(24)39-29(31)32/h2-13,18,20,29H,14-17H2,1H3,(H,33,36)(H,34,37). The fraction of sp³-hybridized carbons (Fsp3) is 0.276. The predicted molar refractivity (Wildman–Crippen MR) is 139 cm³/mol. The number of benzene rings is 3. The molecule has 1 heterocycles. The molecule has 0 spiro atoms. The third-order valence-corrected chi connectivity index (χ3v) is 6.62. The second kappa shape index (κ2) is 12.5. The van der Waals surface area contributed by atoms with Crippen molar-refractivity contribution in [1.29, 1.82) is 0 Å². The van der Waals surface area contributed by atoms with Crippen LogP contribution in [0.5, 0.6) is 5.75 Å². The first-order valence-corrected chi connectivity index (χ1v) is 12.5. The predicted octanol–water partition coefficient (Wildman–Crippen LogP) is 5.20. The average molecular weight is 540 g/mol. The number of likely N-dealkylation sites (tertiary alicyclic amines) is 1. The summed E-state index contributed by atoms with van der Waals surface area (Å²) in [6, 6.07) is 17.5. The minimum atomic E-state index is -3.04. The fourth-order valence-electron chi connectivity index (χ4n) is 4.54. The zero-order chi connectivity index (χ0) is 27.9. The monoisotopic (exact) mass is 539 g/mol. The molecule has 0 bridgehead atoms. The minimum Gasteiger partial charge on any atom is -0.434 e. The van der Waals surface area contributed by atoms with E-state index in [9.17, 15) is 27.6 Å². The van der Waals surface area contributed by atoms with Crippen molar-refractivity contribution in [3.8, 4) is 5.75 Å². The lowest BCUT2D eigenvalue weighted by molar-refractivity contribution is -0.133. The molecule has 0 saturated carbocycles. The van der Waals surface area contributed by atoms with Gasteiger partial charge in [-0.25, -0.2) is 4.39 Å². The maximum Gasteiger partial charge on any atom is 0.387 e. The Labute approximate surface area is 224 Å². The molecule has 7 nitrogen and oxygen atoms in total. The van der Waals surface area contributed by atoms with Crippen LogP contribution in [0.25, 0.3) is 0 Å². The summed E-state index contributed by atoms with van der Waals surface area (Å²) in [6.07, 6.45) is 1.46. The van der Waals surface area contributed by atoms with Crippen LogP contribution >= 0.6 is 0 Å². The number of nitrogens with one attached hydrogen (secondary N) is 2. The Morgan fingerprint density at radius 1 is 0.897 bits per heavy atom. The molecule has 0 aliphatic carbocycles. The van der Waals surface area contributed by atoms with E-state index in [0.717, 1.165) is 18.4 Å². The van der Waals surface area contributed by atoms with E-state index in [4.69, 9.17) is 0 Å². The van der Waals surface area contributed by atoms with Crippen LogP contribution in [0.4, 0.5) is 18.9 Å². The van der Waals surface area contributed by atoms with Gasteiger partial charge in [-0.1, -0.05) is 24.3 Å². The van der Waals surface area contributed by atoms with Crippen LogP contribution in [0.2, 0.25) is 0 Å². The van der Waals surface area contributed by atoms with Crippen LogP contribution in [-0.2, 0) is 4.79 Å². The highest BCUT2D eigenvalue weighted by molar-refractivity contribution is 6.06. The lowest BCUT2D eigenvalue weighted by Crippen LogP contribution is -2.49. The van der Waals surface area contributed by atoms with Crippen LogP contribution in [0.3, 0.4) is 0 Å². The molecule has 3 amide bonds. The zero-order valence-corrected chi connectivity index (χ0v) is 21.2. The van der Waals surface area contributed by atoms with E-state index >= 15 is 0 Å². The van der Waals surface area contributed by atoms with Crippen molar-refractivity contribution in [2.45, 2.75) is 38.3 Å². The molecule has 1 aliphatic heterocycles. The van der Waals surface area contributed by atoms with E-state index in [1.54, 1.807) is 30.0 Å². The smallest absolute Gasteiger partial charge is 0.387 e. The molecule has 0 radical (unpaired) electrons. The number of piperidine rings is 1. The molecule has 3 aromatic rings. The SMILES string of the molecule is CC(NC(=O)c1ccc(F)cc1)C(=O)N1CCC(c2ccc(NC(=O)c3ccccc3OC(F)F)cc2)CC1. The molecule has 0 aromatic heterocycles. The Morgan fingerprint density at radius 2 is 1.54 bits per heavy atom. The van der Waals surface area contributed by atoms with Gasteiger partial charge in [0.25, 0.3) is 11.8 Å². The first-order chi connectivity index (χ1) is 18.7. The number of rotatable bonds is 8. The number of alkyl halides is 2. The van der Waals surface area contributed by atoms with Crippen molar-refractivity contribution in [2.24, 2.45) is 0 Å². The lowest BCUT2D eigenvalue weighted by atomic mass is 9.89. The first kappa shape index (κ1) is 27.7.